The molecule has 5 nitrogen and oxygen atoms in total. The summed E-state index contributed by atoms with van der Waals surface area (Å²) in [6.07, 6.45) is 4.91. The number of nitrogens with zero attached hydrogens (tertiary/aromatic N) is 2. The second-order valence-corrected chi connectivity index (χ2v) is 5.07. The Morgan fingerprint density at radius 1 is 1.47 bits per heavy atom. The molecule has 1 atom stereocenters. The molecule has 5 heteroatoms. The monoisotopic (exact) mass is 239 g/mol. The van der Waals surface area contributed by atoms with Gasteiger partial charge in [-0.25, -0.2) is 0 Å². The maximum absolute atomic E-state index is 6.29. The fourth-order valence-corrected chi connectivity index (χ4v) is 2.25. The smallest absolute Gasteiger partial charge is 0.258 e. The number of rotatable bonds is 4. The van der Waals surface area contributed by atoms with E-state index in [0.717, 1.165) is 32.1 Å². The molecule has 0 spiro atoms. The molecule has 0 aliphatic heterocycles. The van der Waals surface area contributed by atoms with Gasteiger partial charge >= 0.3 is 0 Å². The second-order valence-electron chi connectivity index (χ2n) is 5.07. The second kappa shape index (κ2) is 4.38. The highest BCUT2D eigenvalue weighted by Gasteiger charge is 2.38. The molecule has 0 saturated heterocycles. The zero-order valence-electron chi connectivity index (χ0n) is 10.8. The summed E-state index contributed by atoms with van der Waals surface area (Å²) in [5.41, 5.74) is 5.38. The molecule has 1 heterocycles. The molecule has 0 aromatic carbocycles. The van der Waals surface area contributed by atoms with Crippen molar-refractivity contribution >= 4 is 0 Å². The van der Waals surface area contributed by atoms with E-state index < -0.39 is 11.1 Å². The predicted molar refractivity (Wildman–Crippen MR) is 63.3 cm³/mol. The minimum absolute atomic E-state index is 0.399. The van der Waals surface area contributed by atoms with Crippen molar-refractivity contribution in [2.24, 2.45) is 5.73 Å². The van der Waals surface area contributed by atoms with Crippen molar-refractivity contribution in [3.05, 3.63) is 11.7 Å². The zero-order valence-corrected chi connectivity index (χ0v) is 10.8. The van der Waals surface area contributed by atoms with Crippen molar-refractivity contribution in [1.29, 1.82) is 0 Å². The van der Waals surface area contributed by atoms with Gasteiger partial charge in [0.1, 0.15) is 5.60 Å². The molecule has 0 bridgehead atoms. The van der Waals surface area contributed by atoms with E-state index >= 15 is 0 Å². The molecule has 96 valence electrons. The number of aromatic nitrogens is 2. The molecular weight excluding hydrogens is 218 g/mol. The van der Waals surface area contributed by atoms with Gasteiger partial charge in [0.25, 0.3) is 5.89 Å². The lowest BCUT2D eigenvalue weighted by Gasteiger charge is -2.22. The van der Waals surface area contributed by atoms with Crippen molar-refractivity contribution in [3.63, 3.8) is 0 Å². The number of hydrogen-bond acceptors (Lipinski definition) is 5. The Morgan fingerprint density at radius 3 is 2.65 bits per heavy atom. The van der Waals surface area contributed by atoms with E-state index in [9.17, 15) is 0 Å². The van der Waals surface area contributed by atoms with Crippen LogP contribution in [-0.4, -0.2) is 17.3 Å². The van der Waals surface area contributed by atoms with Crippen LogP contribution in [0.1, 0.15) is 57.7 Å². The maximum atomic E-state index is 6.29. The van der Waals surface area contributed by atoms with E-state index in [1.54, 1.807) is 7.11 Å². The Balaban J connectivity index is 2.27. The molecule has 1 aliphatic carbocycles. The van der Waals surface area contributed by atoms with E-state index in [-0.39, 0.29) is 0 Å². The predicted octanol–water partition coefficient (Wildman–Crippen LogP) is 2.07. The summed E-state index contributed by atoms with van der Waals surface area (Å²) in [5.74, 6) is 1.15. The van der Waals surface area contributed by atoms with Crippen LogP contribution >= 0.6 is 0 Å². The maximum Gasteiger partial charge on any atom is 0.258 e. The van der Waals surface area contributed by atoms with Crippen LogP contribution < -0.4 is 5.73 Å². The number of nitrogens with two attached hydrogens (primary N) is 1. The van der Waals surface area contributed by atoms with E-state index in [0.29, 0.717) is 11.7 Å². The van der Waals surface area contributed by atoms with Crippen molar-refractivity contribution in [1.82, 2.24) is 10.1 Å². The standard InChI is InChI=1S/C12H21N3O2/c1-4-11(2,16-3)10-14-9(15-17-10)12(13)7-5-6-8-12/h4-8,13H2,1-3H3. The lowest BCUT2D eigenvalue weighted by atomic mass is 9.98. The van der Waals surface area contributed by atoms with Crippen LogP contribution in [0.5, 0.6) is 0 Å². The molecule has 1 aliphatic rings. The molecule has 1 fully saturated rings. The summed E-state index contributed by atoms with van der Waals surface area (Å²) in [7, 11) is 1.65. The van der Waals surface area contributed by atoms with Crippen molar-refractivity contribution in [3.8, 4) is 0 Å². The van der Waals surface area contributed by atoms with Gasteiger partial charge < -0.3 is 15.0 Å². The minimum atomic E-state index is -0.514. The Kier molecular flexibility index (Phi) is 3.23. The van der Waals surface area contributed by atoms with Crippen LogP contribution in [0.2, 0.25) is 0 Å². The third kappa shape index (κ3) is 2.09. The molecule has 2 rings (SSSR count). The third-order valence-electron chi connectivity index (χ3n) is 3.94. The largest absolute Gasteiger partial charge is 0.369 e. The Hall–Kier alpha value is -0.940. The lowest BCUT2D eigenvalue weighted by molar-refractivity contribution is -0.0272. The molecule has 1 aromatic rings. The number of methoxy groups -OCH3 is 1. The quantitative estimate of drug-likeness (QED) is 0.870. The van der Waals surface area contributed by atoms with Gasteiger partial charge in [-0.3, -0.25) is 0 Å². The minimum Gasteiger partial charge on any atom is -0.369 e. The average Bonchev–Trinajstić information content (AvgIpc) is 2.97. The van der Waals surface area contributed by atoms with Gasteiger partial charge in [0.05, 0.1) is 5.54 Å². The first-order chi connectivity index (χ1) is 8.04. The van der Waals surface area contributed by atoms with E-state index in [1.807, 2.05) is 13.8 Å². The first-order valence-electron chi connectivity index (χ1n) is 6.23. The normalized spacial score (nSPS) is 22.6. The molecule has 1 aromatic heterocycles. The molecule has 0 radical (unpaired) electrons. The van der Waals surface area contributed by atoms with Gasteiger partial charge in [0.2, 0.25) is 0 Å². The Morgan fingerprint density at radius 2 is 2.12 bits per heavy atom. The fraction of sp³-hybridized carbons (Fsp3) is 0.833. The van der Waals surface area contributed by atoms with Crippen LogP contribution in [0.4, 0.5) is 0 Å². The Labute approximate surface area is 102 Å². The number of hydrogen-bond donors (Lipinski definition) is 1. The van der Waals surface area contributed by atoms with Crippen LogP contribution in [0.25, 0.3) is 0 Å². The summed E-state index contributed by atoms with van der Waals surface area (Å²) in [5, 5.41) is 4.04. The van der Waals surface area contributed by atoms with Gasteiger partial charge in [-0.15, -0.1) is 0 Å². The van der Waals surface area contributed by atoms with Gasteiger partial charge in [-0.2, -0.15) is 4.98 Å². The first kappa shape index (κ1) is 12.5. The summed E-state index contributed by atoms with van der Waals surface area (Å²) in [6.45, 7) is 3.98. The van der Waals surface area contributed by atoms with E-state index in [2.05, 4.69) is 10.1 Å². The molecule has 17 heavy (non-hydrogen) atoms. The summed E-state index contributed by atoms with van der Waals surface area (Å²) in [4.78, 5) is 4.45. The van der Waals surface area contributed by atoms with Crippen LogP contribution in [0, 0.1) is 0 Å². The molecule has 2 N–H and O–H groups in total. The molecule has 1 saturated carbocycles. The average molecular weight is 239 g/mol. The highest BCUT2D eigenvalue weighted by molar-refractivity contribution is 5.08. The summed E-state index contributed by atoms with van der Waals surface area (Å²) >= 11 is 0. The summed E-state index contributed by atoms with van der Waals surface area (Å²) in [6, 6.07) is 0. The van der Waals surface area contributed by atoms with Crippen LogP contribution in [0.15, 0.2) is 4.52 Å². The molecular formula is C12H21N3O2. The number of ether oxygens (including phenoxy) is 1. The zero-order chi connectivity index (χ0) is 12.5. The Bertz CT molecular complexity index is 360. The summed E-state index contributed by atoms with van der Waals surface area (Å²) < 4.78 is 10.8. The van der Waals surface area contributed by atoms with Crippen molar-refractivity contribution in [2.45, 2.75) is 57.1 Å². The topological polar surface area (TPSA) is 74.2 Å². The van der Waals surface area contributed by atoms with Crippen molar-refractivity contribution < 1.29 is 9.26 Å². The lowest BCUT2D eigenvalue weighted by Crippen LogP contribution is -2.34. The highest BCUT2D eigenvalue weighted by Crippen LogP contribution is 2.36. The van der Waals surface area contributed by atoms with Gasteiger partial charge in [-0.1, -0.05) is 24.9 Å². The van der Waals surface area contributed by atoms with Crippen LogP contribution in [-0.2, 0) is 15.9 Å². The van der Waals surface area contributed by atoms with Crippen molar-refractivity contribution in [2.75, 3.05) is 7.11 Å². The molecule has 1 unspecified atom stereocenters. The fourth-order valence-electron chi connectivity index (χ4n) is 2.25. The van der Waals surface area contributed by atoms with E-state index in [1.165, 1.54) is 0 Å². The SMILES string of the molecule is CCC(C)(OC)c1nc(C2(N)CCCC2)no1. The molecule has 0 amide bonds. The van der Waals surface area contributed by atoms with Gasteiger partial charge in [0, 0.05) is 7.11 Å². The van der Waals surface area contributed by atoms with Crippen LogP contribution in [0.3, 0.4) is 0 Å². The highest BCUT2D eigenvalue weighted by atomic mass is 16.5. The van der Waals surface area contributed by atoms with Gasteiger partial charge in [0.15, 0.2) is 5.82 Å². The third-order valence-corrected chi connectivity index (χ3v) is 3.94. The first-order valence-corrected chi connectivity index (χ1v) is 6.23. The van der Waals surface area contributed by atoms with E-state index in [4.69, 9.17) is 15.0 Å². The van der Waals surface area contributed by atoms with Gasteiger partial charge in [-0.05, 0) is 26.2 Å².